The van der Waals surface area contributed by atoms with E-state index in [2.05, 4.69) is 46.3 Å². The predicted octanol–water partition coefficient (Wildman–Crippen LogP) is 6.20. The quantitative estimate of drug-likeness (QED) is 0.159. The van der Waals surface area contributed by atoms with E-state index in [-0.39, 0.29) is 29.9 Å². The van der Waals surface area contributed by atoms with Crippen molar-refractivity contribution >= 4 is 21.1 Å². The predicted molar refractivity (Wildman–Crippen MR) is 181 cm³/mol. The number of sulfonamides is 1. The summed E-state index contributed by atoms with van der Waals surface area (Å²) in [5.74, 6) is 0.875. The number of imidazole rings is 1. The van der Waals surface area contributed by atoms with Gasteiger partial charge in [0.25, 0.3) is 0 Å². The zero-order chi connectivity index (χ0) is 32.0. The molecular weight excluding hydrogens is 580 g/mol. The lowest BCUT2D eigenvalue weighted by Gasteiger charge is -2.37. The van der Waals surface area contributed by atoms with Crippen LogP contribution in [0.3, 0.4) is 0 Å². The maximum absolute atomic E-state index is 14.2. The number of fused-ring (bicyclic) bond motifs is 1. The van der Waals surface area contributed by atoms with Gasteiger partial charge in [0.2, 0.25) is 10.0 Å². The monoisotopic (exact) mass is 624 g/mol. The van der Waals surface area contributed by atoms with Gasteiger partial charge in [0.1, 0.15) is 5.82 Å². The Kier molecular flexibility index (Phi) is 10.5. The molecule has 0 aliphatic heterocycles. The van der Waals surface area contributed by atoms with Crippen molar-refractivity contribution in [3.05, 3.63) is 132 Å². The molecule has 0 saturated heterocycles. The summed E-state index contributed by atoms with van der Waals surface area (Å²) in [5.41, 5.74) is 4.86. The standard InChI is InChI=1S/C37H44N4O3S/c1-28(2)24-41(45(43,44)33-20-21-35-34(23-33)38-29(3)39(35)4)27-37(42)36(22-30-14-8-5-9-15-30)40(25-31-16-10-6-11-17-31)26-32-18-12-7-13-19-32/h5-21,23,28,36-37,42H,22,24-27H2,1-4H3/t36-,37+/m0/s1. The van der Waals surface area contributed by atoms with Crippen molar-refractivity contribution in [3.8, 4) is 0 Å². The maximum Gasteiger partial charge on any atom is 0.243 e. The first-order chi connectivity index (χ1) is 21.6. The van der Waals surface area contributed by atoms with Gasteiger partial charge in [-0.05, 0) is 54.2 Å². The average molecular weight is 625 g/mol. The summed E-state index contributed by atoms with van der Waals surface area (Å²) in [6, 6.07) is 35.3. The minimum atomic E-state index is -3.93. The van der Waals surface area contributed by atoms with Gasteiger partial charge in [-0.1, -0.05) is 105 Å². The Hall–Kier alpha value is -3.82. The molecule has 0 aliphatic carbocycles. The highest BCUT2D eigenvalue weighted by molar-refractivity contribution is 7.89. The lowest BCUT2D eigenvalue weighted by molar-refractivity contribution is 0.0273. The number of aliphatic hydroxyl groups is 1. The molecule has 1 heterocycles. The largest absolute Gasteiger partial charge is 0.390 e. The van der Waals surface area contributed by atoms with Crippen molar-refractivity contribution < 1.29 is 13.5 Å². The van der Waals surface area contributed by atoms with Crippen molar-refractivity contribution in [1.82, 2.24) is 18.8 Å². The van der Waals surface area contributed by atoms with E-state index in [1.807, 2.05) is 93.0 Å². The Morgan fingerprint density at radius 3 is 1.84 bits per heavy atom. The third kappa shape index (κ3) is 8.07. The Morgan fingerprint density at radius 2 is 1.31 bits per heavy atom. The van der Waals surface area contributed by atoms with E-state index >= 15 is 0 Å². The lowest BCUT2D eigenvalue weighted by atomic mass is 9.97. The summed E-state index contributed by atoms with van der Waals surface area (Å²) >= 11 is 0. The molecule has 4 aromatic carbocycles. The van der Waals surface area contributed by atoms with Crippen LogP contribution >= 0.6 is 0 Å². The molecule has 2 atom stereocenters. The smallest absolute Gasteiger partial charge is 0.243 e. The van der Waals surface area contributed by atoms with Crippen molar-refractivity contribution in [3.63, 3.8) is 0 Å². The molecule has 0 unspecified atom stereocenters. The molecular formula is C37H44N4O3S. The molecule has 0 saturated carbocycles. The highest BCUT2D eigenvalue weighted by Gasteiger charge is 2.33. The second-order valence-electron chi connectivity index (χ2n) is 12.3. The molecule has 5 aromatic rings. The van der Waals surface area contributed by atoms with Crippen molar-refractivity contribution in [2.24, 2.45) is 13.0 Å². The fraction of sp³-hybridized carbons (Fsp3) is 0.324. The topological polar surface area (TPSA) is 78.7 Å². The van der Waals surface area contributed by atoms with Crippen LogP contribution in [0.25, 0.3) is 11.0 Å². The number of aliphatic hydroxyl groups excluding tert-OH is 1. The molecule has 1 aromatic heterocycles. The number of nitrogens with zero attached hydrogens (tertiary/aromatic N) is 4. The summed E-state index contributed by atoms with van der Waals surface area (Å²) in [7, 11) is -2.01. The van der Waals surface area contributed by atoms with Crippen LogP contribution in [0.5, 0.6) is 0 Å². The van der Waals surface area contributed by atoms with Crippen LogP contribution in [-0.4, -0.2) is 57.5 Å². The van der Waals surface area contributed by atoms with Gasteiger partial charge >= 0.3 is 0 Å². The van der Waals surface area contributed by atoms with E-state index < -0.39 is 16.1 Å². The number of hydrogen-bond acceptors (Lipinski definition) is 5. The third-order valence-electron chi connectivity index (χ3n) is 8.33. The number of benzene rings is 4. The van der Waals surface area contributed by atoms with Crippen LogP contribution in [0.2, 0.25) is 0 Å². The van der Waals surface area contributed by atoms with Crippen LogP contribution in [0.4, 0.5) is 0 Å². The van der Waals surface area contributed by atoms with E-state index in [4.69, 9.17) is 0 Å². The molecule has 8 heteroatoms. The molecule has 0 amide bonds. The first-order valence-corrected chi connectivity index (χ1v) is 17.0. The summed E-state index contributed by atoms with van der Waals surface area (Å²) in [6.07, 6.45) is -0.400. The van der Waals surface area contributed by atoms with E-state index in [0.717, 1.165) is 28.0 Å². The zero-order valence-electron chi connectivity index (χ0n) is 26.6. The highest BCUT2D eigenvalue weighted by atomic mass is 32.2. The zero-order valence-corrected chi connectivity index (χ0v) is 27.4. The van der Waals surface area contributed by atoms with Gasteiger partial charge in [-0.2, -0.15) is 4.31 Å². The van der Waals surface area contributed by atoms with Crippen molar-refractivity contribution in [2.45, 2.75) is 57.3 Å². The summed E-state index contributed by atoms with van der Waals surface area (Å²) in [4.78, 5) is 7.04. The second kappa shape index (κ2) is 14.5. The van der Waals surface area contributed by atoms with E-state index in [1.54, 1.807) is 12.1 Å². The SMILES string of the molecule is Cc1nc2cc(S(=O)(=O)N(CC(C)C)C[C@@H](O)[C@H](Cc3ccccc3)N(Cc3ccccc3)Cc3ccccc3)ccc2n1C. The normalized spacial score (nSPS) is 13.6. The van der Waals surface area contributed by atoms with Crippen LogP contribution in [0, 0.1) is 12.8 Å². The molecule has 0 spiro atoms. The molecule has 0 aliphatic rings. The first-order valence-electron chi connectivity index (χ1n) is 15.6. The van der Waals surface area contributed by atoms with Crippen molar-refractivity contribution in [2.75, 3.05) is 13.1 Å². The Bertz CT molecular complexity index is 1730. The molecule has 1 N–H and O–H groups in total. The highest BCUT2D eigenvalue weighted by Crippen LogP contribution is 2.26. The summed E-state index contributed by atoms with van der Waals surface area (Å²) in [6.45, 7) is 7.37. The molecule has 236 valence electrons. The van der Waals surface area contributed by atoms with Gasteiger partial charge in [-0.25, -0.2) is 13.4 Å². The second-order valence-corrected chi connectivity index (χ2v) is 14.2. The van der Waals surface area contributed by atoms with Gasteiger partial charge < -0.3 is 9.67 Å². The minimum absolute atomic E-state index is 0.0304. The van der Waals surface area contributed by atoms with Crippen LogP contribution in [0.1, 0.15) is 36.4 Å². The number of aryl methyl sites for hydroxylation is 2. The van der Waals surface area contributed by atoms with Crippen molar-refractivity contribution in [1.29, 1.82) is 0 Å². The number of hydrogen-bond donors (Lipinski definition) is 1. The maximum atomic E-state index is 14.2. The molecule has 7 nitrogen and oxygen atoms in total. The van der Waals surface area contributed by atoms with Crippen LogP contribution in [-0.2, 0) is 36.6 Å². The summed E-state index contributed by atoms with van der Waals surface area (Å²) in [5, 5.41) is 12.1. The lowest BCUT2D eigenvalue weighted by Crippen LogP contribution is -2.50. The molecule has 0 radical (unpaired) electrons. The fourth-order valence-electron chi connectivity index (χ4n) is 5.91. The fourth-order valence-corrected chi connectivity index (χ4v) is 7.55. The Balaban J connectivity index is 1.51. The minimum Gasteiger partial charge on any atom is -0.390 e. The number of aromatic nitrogens is 2. The van der Waals surface area contributed by atoms with E-state index in [1.165, 1.54) is 4.31 Å². The van der Waals surface area contributed by atoms with Gasteiger partial charge in [0.05, 0.1) is 22.0 Å². The Labute approximate surface area is 267 Å². The molecule has 0 bridgehead atoms. The molecule has 0 fully saturated rings. The van der Waals surface area contributed by atoms with Crippen LogP contribution in [0.15, 0.2) is 114 Å². The average Bonchev–Trinajstić information content (AvgIpc) is 3.32. The summed E-state index contributed by atoms with van der Waals surface area (Å²) < 4.78 is 31.9. The van der Waals surface area contributed by atoms with Gasteiger partial charge in [0.15, 0.2) is 0 Å². The van der Waals surface area contributed by atoms with Gasteiger partial charge in [-0.15, -0.1) is 0 Å². The van der Waals surface area contributed by atoms with Gasteiger partial charge in [0, 0.05) is 39.3 Å². The van der Waals surface area contributed by atoms with E-state index in [9.17, 15) is 13.5 Å². The van der Waals surface area contributed by atoms with Gasteiger partial charge in [-0.3, -0.25) is 4.90 Å². The Morgan fingerprint density at radius 1 is 0.778 bits per heavy atom. The van der Waals surface area contributed by atoms with Crippen LogP contribution < -0.4 is 0 Å². The first kappa shape index (κ1) is 32.6. The third-order valence-corrected chi connectivity index (χ3v) is 10.2. The molecule has 5 rings (SSSR count). The number of rotatable bonds is 14. The van der Waals surface area contributed by atoms with E-state index in [0.29, 0.717) is 25.0 Å². The molecule has 45 heavy (non-hydrogen) atoms.